The highest BCUT2D eigenvalue weighted by atomic mass is 16.5. The van der Waals surface area contributed by atoms with Gasteiger partial charge >= 0.3 is 0 Å². The second-order valence-corrected chi connectivity index (χ2v) is 2.86. The molecule has 2 N–H and O–H groups in total. The molecule has 1 heterocycles. The fourth-order valence-corrected chi connectivity index (χ4v) is 1.34. The third-order valence-electron chi connectivity index (χ3n) is 2.02. The molecule has 0 spiro atoms. The van der Waals surface area contributed by atoms with E-state index in [0.717, 1.165) is 11.1 Å². The minimum Gasteiger partial charge on any atom is -0.490 e. The Morgan fingerprint density at radius 3 is 3.08 bits per heavy atom. The summed E-state index contributed by atoms with van der Waals surface area (Å²) >= 11 is 0. The van der Waals surface area contributed by atoms with Crippen molar-refractivity contribution in [3.63, 3.8) is 0 Å². The third kappa shape index (κ3) is 1.07. The molecule has 3 heteroatoms. The Bertz CT molecular complexity index is 296. The smallest absolute Gasteiger partial charge is 0.125 e. The van der Waals surface area contributed by atoms with Gasteiger partial charge in [-0.1, -0.05) is 12.1 Å². The van der Waals surface area contributed by atoms with E-state index < -0.39 is 6.10 Å². The first-order valence-electron chi connectivity index (χ1n) is 3.86. The predicted octanol–water partition coefficient (Wildman–Crippen LogP) is 0.605. The third-order valence-corrected chi connectivity index (χ3v) is 2.02. The standard InChI is InChI=1S/C9H10O3/c10-4-6-1-2-7-8(11)5-12-9(7)3-6/h1-3,8,10-11H,4-5H2. The topological polar surface area (TPSA) is 49.7 Å². The monoisotopic (exact) mass is 166 g/mol. The van der Waals surface area contributed by atoms with E-state index in [-0.39, 0.29) is 6.61 Å². The highest BCUT2D eigenvalue weighted by Gasteiger charge is 2.21. The van der Waals surface area contributed by atoms with Gasteiger partial charge in [-0.3, -0.25) is 0 Å². The van der Waals surface area contributed by atoms with Crippen LogP contribution in [0, 0.1) is 0 Å². The molecule has 64 valence electrons. The van der Waals surface area contributed by atoms with Gasteiger partial charge in [-0.25, -0.2) is 0 Å². The summed E-state index contributed by atoms with van der Waals surface area (Å²) in [6.45, 7) is 0.330. The highest BCUT2D eigenvalue weighted by molar-refractivity contribution is 5.41. The molecule has 1 aliphatic heterocycles. The zero-order valence-corrected chi connectivity index (χ0v) is 6.53. The summed E-state index contributed by atoms with van der Waals surface area (Å²) in [5, 5.41) is 18.2. The molecule has 0 saturated carbocycles. The molecule has 1 aromatic carbocycles. The van der Waals surface area contributed by atoms with Crippen LogP contribution in [-0.4, -0.2) is 16.8 Å². The lowest BCUT2D eigenvalue weighted by Gasteiger charge is -2.01. The number of fused-ring (bicyclic) bond motifs is 1. The number of hydrogen-bond acceptors (Lipinski definition) is 3. The second-order valence-electron chi connectivity index (χ2n) is 2.86. The Morgan fingerprint density at radius 1 is 1.50 bits per heavy atom. The van der Waals surface area contributed by atoms with Gasteiger partial charge in [0.05, 0.1) is 6.61 Å². The molecule has 0 bridgehead atoms. The Labute approximate surface area is 70.2 Å². The SMILES string of the molecule is OCc1ccc2c(c1)OCC2O. The van der Waals surface area contributed by atoms with E-state index in [1.807, 2.05) is 0 Å². The largest absolute Gasteiger partial charge is 0.490 e. The number of aliphatic hydroxyl groups is 2. The minimum absolute atomic E-state index is 0.00668. The number of ether oxygens (including phenoxy) is 1. The molecule has 0 amide bonds. The molecule has 1 atom stereocenters. The normalized spacial score (nSPS) is 20.3. The zero-order valence-electron chi connectivity index (χ0n) is 6.53. The Kier molecular flexibility index (Phi) is 1.75. The van der Waals surface area contributed by atoms with E-state index in [1.165, 1.54) is 0 Å². The Balaban J connectivity index is 2.41. The van der Waals surface area contributed by atoms with Crippen LogP contribution in [0.3, 0.4) is 0 Å². The summed E-state index contributed by atoms with van der Waals surface area (Å²) in [4.78, 5) is 0. The highest BCUT2D eigenvalue weighted by Crippen LogP contribution is 2.32. The van der Waals surface area contributed by atoms with E-state index in [4.69, 9.17) is 9.84 Å². The van der Waals surface area contributed by atoms with E-state index in [1.54, 1.807) is 18.2 Å². The lowest BCUT2D eigenvalue weighted by Crippen LogP contribution is -1.97. The zero-order chi connectivity index (χ0) is 8.55. The first kappa shape index (κ1) is 7.58. The van der Waals surface area contributed by atoms with E-state index in [2.05, 4.69) is 0 Å². The number of rotatable bonds is 1. The average molecular weight is 166 g/mol. The first-order chi connectivity index (χ1) is 5.81. The van der Waals surface area contributed by atoms with Crippen LogP contribution in [0.1, 0.15) is 17.2 Å². The van der Waals surface area contributed by atoms with Crippen LogP contribution in [0.2, 0.25) is 0 Å². The molecule has 3 nitrogen and oxygen atoms in total. The predicted molar refractivity (Wildman–Crippen MR) is 42.8 cm³/mol. The van der Waals surface area contributed by atoms with Gasteiger partial charge in [0.2, 0.25) is 0 Å². The van der Waals surface area contributed by atoms with Crippen LogP contribution in [0.25, 0.3) is 0 Å². The summed E-state index contributed by atoms with van der Waals surface area (Å²) in [7, 11) is 0. The van der Waals surface area contributed by atoms with Gasteiger partial charge in [0, 0.05) is 5.56 Å². The van der Waals surface area contributed by atoms with E-state index >= 15 is 0 Å². The summed E-state index contributed by atoms with van der Waals surface area (Å²) < 4.78 is 5.19. The van der Waals surface area contributed by atoms with Crippen LogP contribution in [0.15, 0.2) is 18.2 Å². The fraction of sp³-hybridized carbons (Fsp3) is 0.333. The molecule has 2 rings (SSSR count). The van der Waals surface area contributed by atoms with Crippen LogP contribution in [0.5, 0.6) is 5.75 Å². The molecule has 1 aliphatic rings. The summed E-state index contributed by atoms with van der Waals surface area (Å²) in [5.41, 5.74) is 1.62. The molecule has 0 saturated heterocycles. The van der Waals surface area contributed by atoms with E-state index in [0.29, 0.717) is 12.4 Å². The molecule has 1 aromatic rings. The molecule has 0 fully saturated rings. The maximum atomic E-state index is 9.36. The van der Waals surface area contributed by atoms with Crippen LogP contribution in [-0.2, 0) is 6.61 Å². The fourth-order valence-electron chi connectivity index (χ4n) is 1.34. The van der Waals surface area contributed by atoms with Crippen molar-refractivity contribution in [3.8, 4) is 5.75 Å². The van der Waals surface area contributed by atoms with Crippen molar-refractivity contribution in [1.29, 1.82) is 0 Å². The van der Waals surface area contributed by atoms with Gasteiger partial charge < -0.3 is 14.9 Å². The molecular formula is C9H10O3. The van der Waals surface area contributed by atoms with Gasteiger partial charge in [0.15, 0.2) is 0 Å². The molecule has 0 radical (unpaired) electrons. The van der Waals surface area contributed by atoms with Gasteiger partial charge in [-0.05, 0) is 11.6 Å². The van der Waals surface area contributed by atoms with Crippen molar-refractivity contribution < 1.29 is 14.9 Å². The van der Waals surface area contributed by atoms with Crippen molar-refractivity contribution in [3.05, 3.63) is 29.3 Å². The van der Waals surface area contributed by atoms with Crippen LogP contribution < -0.4 is 4.74 Å². The number of hydrogen-bond donors (Lipinski definition) is 2. The van der Waals surface area contributed by atoms with Gasteiger partial charge in [0.25, 0.3) is 0 Å². The van der Waals surface area contributed by atoms with Gasteiger partial charge in [0.1, 0.15) is 18.5 Å². The molecule has 0 aliphatic carbocycles. The quantitative estimate of drug-likeness (QED) is 0.642. The number of aliphatic hydroxyl groups excluding tert-OH is 2. The van der Waals surface area contributed by atoms with Crippen LogP contribution >= 0.6 is 0 Å². The second kappa shape index (κ2) is 2.77. The lowest BCUT2D eigenvalue weighted by molar-refractivity contribution is 0.140. The van der Waals surface area contributed by atoms with Crippen molar-refractivity contribution >= 4 is 0 Å². The molecular weight excluding hydrogens is 156 g/mol. The Morgan fingerprint density at radius 2 is 2.33 bits per heavy atom. The van der Waals surface area contributed by atoms with Crippen LogP contribution in [0.4, 0.5) is 0 Å². The molecule has 0 aromatic heterocycles. The average Bonchev–Trinajstić information content (AvgIpc) is 2.47. The van der Waals surface area contributed by atoms with Crippen molar-refractivity contribution in [2.45, 2.75) is 12.7 Å². The summed E-state index contributed by atoms with van der Waals surface area (Å²) in [5.74, 6) is 0.689. The van der Waals surface area contributed by atoms with E-state index in [9.17, 15) is 5.11 Å². The van der Waals surface area contributed by atoms with Crippen molar-refractivity contribution in [1.82, 2.24) is 0 Å². The molecule has 1 unspecified atom stereocenters. The number of benzene rings is 1. The molecule has 12 heavy (non-hydrogen) atoms. The van der Waals surface area contributed by atoms with Gasteiger partial charge in [-0.15, -0.1) is 0 Å². The lowest BCUT2D eigenvalue weighted by atomic mass is 10.1. The maximum Gasteiger partial charge on any atom is 0.125 e. The van der Waals surface area contributed by atoms with Gasteiger partial charge in [-0.2, -0.15) is 0 Å². The van der Waals surface area contributed by atoms with Crippen molar-refractivity contribution in [2.75, 3.05) is 6.61 Å². The van der Waals surface area contributed by atoms with Crippen molar-refractivity contribution in [2.24, 2.45) is 0 Å². The Hall–Kier alpha value is -1.06. The minimum atomic E-state index is -0.507. The summed E-state index contributed by atoms with van der Waals surface area (Å²) in [6.07, 6.45) is -0.507. The first-order valence-corrected chi connectivity index (χ1v) is 3.86. The maximum absolute atomic E-state index is 9.36. The summed E-state index contributed by atoms with van der Waals surface area (Å²) in [6, 6.07) is 5.33.